The predicted octanol–water partition coefficient (Wildman–Crippen LogP) is 0.236. The van der Waals surface area contributed by atoms with Crippen molar-refractivity contribution in [3.63, 3.8) is 0 Å². The Hall–Kier alpha value is -1.39. The maximum Gasteiger partial charge on any atom is 0.258 e. The van der Waals surface area contributed by atoms with Crippen molar-refractivity contribution in [2.45, 2.75) is 24.9 Å². The number of aromatic nitrogens is 2. The summed E-state index contributed by atoms with van der Waals surface area (Å²) < 4.78 is 25.6. The number of nitriles is 1. The zero-order chi connectivity index (χ0) is 11.5. The molecule has 82 valence electrons. The molecule has 7 heteroatoms. The van der Waals surface area contributed by atoms with Crippen LogP contribution in [0.5, 0.6) is 0 Å². The lowest BCUT2D eigenvalue weighted by atomic mass is 10.1. The van der Waals surface area contributed by atoms with E-state index in [2.05, 4.69) is 14.7 Å². The molecule has 0 fully saturated rings. The highest BCUT2D eigenvalue weighted by atomic mass is 32.2. The molecule has 0 saturated heterocycles. The summed E-state index contributed by atoms with van der Waals surface area (Å²) in [6, 6.07) is 1.16. The quantitative estimate of drug-likeness (QED) is 0.770. The molecule has 1 aromatic rings. The van der Waals surface area contributed by atoms with E-state index in [9.17, 15) is 8.42 Å². The number of nitrogens with zero attached hydrogens (tertiary/aromatic N) is 2. The molecular formula is C8H12N4O2S. The molecule has 0 radical (unpaired) electrons. The average Bonchev–Trinajstić information content (AvgIpc) is 2.67. The van der Waals surface area contributed by atoms with Crippen LogP contribution in [0.15, 0.2) is 17.6 Å². The van der Waals surface area contributed by atoms with E-state index in [1.807, 2.05) is 6.07 Å². The van der Waals surface area contributed by atoms with Crippen molar-refractivity contribution in [3.8, 4) is 6.07 Å². The van der Waals surface area contributed by atoms with E-state index in [1.165, 1.54) is 12.5 Å². The summed E-state index contributed by atoms with van der Waals surface area (Å²) in [4.78, 5) is 6.08. The van der Waals surface area contributed by atoms with Crippen LogP contribution in [0.4, 0.5) is 0 Å². The minimum Gasteiger partial charge on any atom is -0.335 e. The van der Waals surface area contributed by atoms with Crippen molar-refractivity contribution in [2.24, 2.45) is 5.92 Å². The lowest BCUT2D eigenvalue weighted by Crippen LogP contribution is -2.37. The minimum atomic E-state index is -3.66. The second kappa shape index (κ2) is 4.42. The third-order valence-electron chi connectivity index (χ3n) is 1.85. The van der Waals surface area contributed by atoms with Crippen LogP contribution in [0.25, 0.3) is 0 Å². The summed E-state index contributed by atoms with van der Waals surface area (Å²) in [5.41, 5.74) is 0. The number of rotatable bonds is 4. The smallest absolute Gasteiger partial charge is 0.258 e. The van der Waals surface area contributed by atoms with Crippen LogP contribution in [-0.4, -0.2) is 24.4 Å². The van der Waals surface area contributed by atoms with Gasteiger partial charge in [-0.05, 0) is 5.92 Å². The van der Waals surface area contributed by atoms with E-state index >= 15 is 0 Å². The first-order chi connectivity index (χ1) is 6.97. The molecular weight excluding hydrogens is 216 g/mol. The predicted molar refractivity (Wildman–Crippen MR) is 53.1 cm³/mol. The Kier molecular flexibility index (Phi) is 3.44. The molecule has 6 nitrogen and oxygen atoms in total. The molecule has 0 aromatic carbocycles. The van der Waals surface area contributed by atoms with Gasteiger partial charge in [0.15, 0.2) is 5.03 Å². The molecule has 0 bridgehead atoms. The van der Waals surface area contributed by atoms with Crippen LogP contribution in [0.3, 0.4) is 0 Å². The molecule has 0 amide bonds. The van der Waals surface area contributed by atoms with E-state index < -0.39 is 16.1 Å². The Morgan fingerprint density at radius 1 is 1.60 bits per heavy atom. The first kappa shape index (κ1) is 11.7. The highest BCUT2D eigenvalue weighted by molar-refractivity contribution is 7.89. The van der Waals surface area contributed by atoms with Gasteiger partial charge in [-0.25, -0.2) is 13.4 Å². The number of sulfonamides is 1. The van der Waals surface area contributed by atoms with Gasteiger partial charge in [0.1, 0.15) is 6.04 Å². The lowest BCUT2D eigenvalue weighted by Gasteiger charge is -2.13. The zero-order valence-corrected chi connectivity index (χ0v) is 9.25. The minimum absolute atomic E-state index is 0.0385. The number of H-pyrrole nitrogens is 1. The Bertz CT molecular complexity index is 443. The van der Waals surface area contributed by atoms with E-state index in [1.54, 1.807) is 13.8 Å². The van der Waals surface area contributed by atoms with Crippen LogP contribution in [0.2, 0.25) is 0 Å². The Labute approximate surface area is 88.4 Å². The molecule has 0 aliphatic heterocycles. The normalized spacial score (nSPS) is 13.7. The third kappa shape index (κ3) is 2.78. The molecule has 1 heterocycles. The monoisotopic (exact) mass is 228 g/mol. The van der Waals surface area contributed by atoms with Crippen LogP contribution in [-0.2, 0) is 10.0 Å². The van der Waals surface area contributed by atoms with Crippen LogP contribution in [0, 0.1) is 17.2 Å². The van der Waals surface area contributed by atoms with Gasteiger partial charge in [-0.15, -0.1) is 0 Å². The highest BCUT2D eigenvalue weighted by Crippen LogP contribution is 2.07. The second-order valence-corrected chi connectivity index (χ2v) is 5.07. The maximum absolute atomic E-state index is 11.6. The summed E-state index contributed by atoms with van der Waals surface area (Å²) in [6.07, 6.45) is 2.46. The van der Waals surface area contributed by atoms with Gasteiger partial charge in [-0.2, -0.15) is 9.98 Å². The third-order valence-corrected chi connectivity index (χ3v) is 3.22. The standard InChI is InChI=1S/C8H12N4O2S/c1-6(2)7(3-9)12-15(13,14)8-4-10-5-11-8/h4-7,12H,1-2H3,(H,10,11). The molecule has 1 rings (SSSR count). The van der Waals surface area contributed by atoms with Crippen LogP contribution >= 0.6 is 0 Å². The topological polar surface area (TPSA) is 98.6 Å². The Morgan fingerprint density at radius 3 is 2.67 bits per heavy atom. The van der Waals surface area contributed by atoms with Crippen LogP contribution < -0.4 is 4.72 Å². The molecule has 1 aromatic heterocycles. The fourth-order valence-electron chi connectivity index (χ4n) is 0.932. The maximum atomic E-state index is 11.6. The fourth-order valence-corrected chi connectivity index (χ4v) is 2.13. The molecule has 0 saturated carbocycles. The first-order valence-electron chi connectivity index (χ1n) is 4.37. The molecule has 1 atom stereocenters. The van der Waals surface area contributed by atoms with Crippen LogP contribution in [0.1, 0.15) is 13.8 Å². The van der Waals surface area contributed by atoms with E-state index in [4.69, 9.17) is 5.26 Å². The summed E-state index contributed by atoms with van der Waals surface area (Å²) in [5.74, 6) is -0.0901. The number of nitrogens with one attached hydrogen (secondary N) is 2. The number of imidazole rings is 1. The van der Waals surface area contributed by atoms with Gasteiger partial charge in [0, 0.05) is 0 Å². The molecule has 0 aliphatic rings. The largest absolute Gasteiger partial charge is 0.335 e. The molecule has 0 spiro atoms. The van der Waals surface area contributed by atoms with Gasteiger partial charge in [-0.1, -0.05) is 13.8 Å². The SMILES string of the molecule is CC(C)C(C#N)NS(=O)(=O)c1cnc[nH]1. The van der Waals surface area contributed by atoms with Crippen molar-refractivity contribution >= 4 is 10.0 Å². The van der Waals surface area contributed by atoms with E-state index in [0.717, 1.165) is 0 Å². The molecule has 15 heavy (non-hydrogen) atoms. The number of hydrogen-bond acceptors (Lipinski definition) is 4. The van der Waals surface area contributed by atoms with Crippen molar-refractivity contribution in [1.82, 2.24) is 14.7 Å². The van der Waals surface area contributed by atoms with E-state index in [-0.39, 0.29) is 10.9 Å². The van der Waals surface area contributed by atoms with Gasteiger partial charge in [0.25, 0.3) is 10.0 Å². The summed E-state index contributed by atoms with van der Waals surface area (Å²) in [7, 11) is -3.66. The summed E-state index contributed by atoms with van der Waals surface area (Å²) in [6.45, 7) is 3.53. The van der Waals surface area contributed by atoms with Gasteiger partial charge >= 0.3 is 0 Å². The Balaban J connectivity index is 2.87. The van der Waals surface area contributed by atoms with Crippen molar-refractivity contribution < 1.29 is 8.42 Å². The lowest BCUT2D eigenvalue weighted by molar-refractivity contribution is 0.513. The highest BCUT2D eigenvalue weighted by Gasteiger charge is 2.22. The second-order valence-electron chi connectivity index (χ2n) is 3.39. The summed E-state index contributed by atoms with van der Waals surface area (Å²) >= 11 is 0. The Morgan fingerprint density at radius 2 is 2.27 bits per heavy atom. The molecule has 2 N–H and O–H groups in total. The fraction of sp³-hybridized carbons (Fsp3) is 0.500. The number of hydrogen-bond donors (Lipinski definition) is 2. The van der Waals surface area contributed by atoms with E-state index in [0.29, 0.717) is 0 Å². The average molecular weight is 228 g/mol. The summed E-state index contributed by atoms with van der Waals surface area (Å²) in [5, 5.41) is 8.72. The van der Waals surface area contributed by atoms with Gasteiger partial charge in [0.2, 0.25) is 0 Å². The van der Waals surface area contributed by atoms with Crippen molar-refractivity contribution in [1.29, 1.82) is 5.26 Å². The molecule has 1 unspecified atom stereocenters. The zero-order valence-electron chi connectivity index (χ0n) is 8.43. The van der Waals surface area contributed by atoms with Gasteiger partial charge in [0.05, 0.1) is 18.6 Å². The number of aromatic amines is 1. The first-order valence-corrected chi connectivity index (χ1v) is 5.86. The van der Waals surface area contributed by atoms with Gasteiger partial charge in [-0.3, -0.25) is 0 Å². The van der Waals surface area contributed by atoms with Crippen molar-refractivity contribution in [2.75, 3.05) is 0 Å². The molecule has 0 aliphatic carbocycles. The van der Waals surface area contributed by atoms with Gasteiger partial charge < -0.3 is 4.98 Å². The van der Waals surface area contributed by atoms with Crippen molar-refractivity contribution in [3.05, 3.63) is 12.5 Å².